The zero-order valence-electron chi connectivity index (χ0n) is 12.2. The highest BCUT2D eigenvalue weighted by Crippen LogP contribution is 2.31. The molecular weight excluding hydrogens is 287 g/mol. The predicted octanol–water partition coefficient (Wildman–Crippen LogP) is 1.28. The van der Waals surface area contributed by atoms with Crippen LogP contribution in [0.3, 0.4) is 0 Å². The molecule has 2 N–H and O–H groups in total. The van der Waals surface area contributed by atoms with Crippen LogP contribution >= 0.6 is 0 Å². The molecule has 0 amide bonds. The zero-order chi connectivity index (χ0) is 15.4. The fraction of sp³-hybridized carbons (Fsp3) is 0.467. The molecular formula is C15H19FN4O2. The van der Waals surface area contributed by atoms with Crippen molar-refractivity contribution in [1.82, 2.24) is 20.3 Å². The van der Waals surface area contributed by atoms with Gasteiger partial charge in [0.2, 0.25) is 0 Å². The molecule has 22 heavy (non-hydrogen) atoms. The number of hydrogen-bond donors (Lipinski definition) is 2. The molecule has 0 fully saturated rings. The Balaban J connectivity index is 1.62. The molecule has 0 radical (unpaired) electrons. The first kappa shape index (κ1) is 14.9. The van der Waals surface area contributed by atoms with Crippen molar-refractivity contribution in [3.8, 4) is 5.75 Å². The van der Waals surface area contributed by atoms with Crippen molar-refractivity contribution < 1.29 is 14.2 Å². The van der Waals surface area contributed by atoms with Gasteiger partial charge in [-0.2, -0.15) is 0 Å². The van der Waals surface area contributed by atoms with Gasteiger partial charge in [0.1, 0.15) is 11.6 Å². The molecule has 0 saturated heterocycles. The number of aliphatic hydroxyl groups is 1. The fourth-order valence-corrected chi connectivity index (χ4v) is 2.65. The molecule has 1 aliphatic heterocycles. The van der Waals surface area contributed by atoms with Crippen LogP contribution in [0, 0.1) is 5.82 Å². The molecule has 0 bridgehead atoms. The van der Waals surface area contributed by atoms with Crippen molar-refractivity contribution in [2.75, 3.05) is 13.2 Å². The Morgan fingerprint density at radius 2 is 2.41 bits per heavy atom. The number of aliphatic hydroxyl groups excluding tert-OH is 1. The summed E-state index contributed by atoms with van der Waals surface area (Å²) in [6, 6.07) is 4.65. The highest BCUT2D eigenvalue weighted by atomic mass is 19.1. The molecule has 3 rings (SSSR count). The van der Waals surface area contributed by atoms with Gasteiger partial charge in [-0.1, -0.05) is 11.3 Å². The number of ether oxygens (including phenoxy) is 1. The standard InChI is InChI=1S/C15H19FN4O2/c16-11-3-4-13-14(2-1-7-22-15(13)8-11)17-9-12(21)10-20-6-5-18-19-20/h3-6,8,12,14,17,21H,1-2,7,9-10H2. The third kappa shape index (κ3) is 3.61. The van der Waals surface area contributed by atoms with Gasteiger partial charge in [-0.15, -0.1) is 5.10 Å². The molecule has 2 atom stereocenters. The molecule has 6 nitrogen and oxygen atoms in total. The van der Waals surface area contributed by atoms with Crippen LogP contribution in [0.5, 0.6) is 5.75 Å². The van der Waals surface area contributed by atoms with Crippen LogP contribution in [-0.4, -0.2) is 39.4 Å². The van der Waals surface area contributed by atoms with Crippen molar-refractivity contribution in [3.05, 3.63) is 42.0 Å². The molecule has 118 valence electrons. The molecule has 1 aromatic heterocycles. The van der Waals surface area contributed by atoms with Crippen LogP contribution in [0.25, 0.3) is 0 Å². The number of aromatic nitrogens is 3. The third-order valence-electron chi connectivity index (χ3n) is 3.72. The summed E-state index contributed by atoms with van der Waals surface area (Å²) in [5.74, 6) is 0.284. The van der Waals surface area contributed by atoms with Crippen LogP contribution < -0.4 is 10.1 Å². The smallest absolute Gasteiger partial charge is 0.126 e. The number of nitrogens with one attached hydrogen (secondary N) is 1. The second-order valence-corrected chi connectivity index (χ2v) is 5.41. The van der Waals surface area contributed by atoms with Crippen molar-refractivity contribution in [3.63, 3.8) is 0 Å². The molecule has 2 aromatic rings. The van der Waals surface area contributed by atoms with Crippen molar-refractivity contribution in [2.45, 2.75) is 31.5 Å². The van der Waals surface area contributed by atoms with E-state index in [-0.39, 0.29) is 11.9 Å². The first-order valence-electron chi connectivity index (χ1n) is 7.40. The Kier molecular flexibility index (Phi) is 4.65. The van der Waals surface area contributed by atoms with Gasteiger partial charge < -0.3 is 15.2 Å². The highest BCUT2D eigenvalue weighted by molar-refractivity contribution is 5.37. The number of nitrogens with zero attached hydrogens (tertiary/aromatic N) is 3. The summed E-state index contributed by atoms with van der Waals surface area (Å²) < 4.78 is 20.5. The molecule has 2 heterocycles. The monoisotopic (exact) mass is 306 g/mol. The summed E-state index contributed by atoms with van der Waals surface area (Å²) in [6.07, 6.45) is 4.48. The Bertz CT molecular complexity index is 606. The number of fused-ring (bicyclic) bond motifs is 1. The molecule has 0 spiro atoms. The van der Waals surface area contributed by atoms with Gasteiger partial charge in [0.25, 0.3) is 0 Å². The molecule has 1 aromatic carbocycles. The SMILES string of the molecule is OC(CNC1CCCOc2cc(F)ccc21)Cn1ccnn1. The Hall–Kier alpha value is -1.99. The maximum atomic E-state index is 13.3. The minimum atomic E-state index is -0.574. The lowest BCUT2D eigenvalue weighted by Crippen LogP contribution is -2.33. The van der Waals surface area contributed by atoms with E-state index in [1.165, 1.54) is 12.1 Å². The number of rotatable bonds is 5. The van der Waals surface area contributed by atoms with E-state index in [4.69, 9.17) is 4.74 Å². The summed E-state index contributed by atoms with van der Waals surface area (Å²) in [5, 5.41) is 20.9. The molecule has 0 aliphatic carbocycles. The van der Waals surface area contributed by atoms with E-state index < -0.39 is 6.10 Å². The van der Waals surface area contributed by atoms with Crippen LogP contribution in [0.15, 0.2) is 30.6 Å². The first-order valence-corrected chi connectivity index (χ1v) is 7.40. The maximum absolute atomic E-state index is 13.3. The van der Waals surface area contributed by atoms with E-state index in [0.717, 1.165) is 18.4 Å². The molecule has 1 aliphatic rings. The van der Waals surface area contributed by atoms with Crippen LogP contribution in [0.2, 0.25) is 0 Å². The van der Waals surface area contributed by atoms with Crippen LogP contribution in [-0.2, 0) is 6.54 Å². The van der Waals surface area contributed by atoms with Gasteiger partial charge in [0, 0.05) is 30.4 Å². The van der Waals surface area contributed by atoms with Gasteiger partial charge in [-0.05, 0) is 18.9 Å². The lowest BCUT2D eigenvalue weighted by molar-refractivity contribution is 0.141. The van der Waals surface area contributed by atoms with Gasteiger partial charge >= 0.3 is 0 Å². The van der Waals surface area contributed by atoms with Gasteiger partial charge in [0.15, 0.2) is 0 Å². The average Bonchev–Trinajstić information content (AvgIpc) is 2.92. The summed E-state index contributed by atoms with van der Waals surface area (Å²) in [4.78, 5) is 0. The van der Waals surface area contributed by atoms with Gasteiger partial charge in [0.05, 0.1) is 25.5 Å². The highest BCUT2D eigenvalue weighted by Gasteiger charge is 2.20. The van der Waals surface area contributed by atoms with E-state index in [9.17, 15) is 9.50 Å². The first-order chi connectivity index (χ1) is 10.7. The summed E-state index contributed by atoms with van der Waals surface area (Å²) in [5.41, 5.74) is 0.937. The summed E-state index contributed by atoms with van der Waals surface area (Å²) in [7, 11) is 0. The predicted molar refractivity (Wildman–Crippen MR) is 77.9 cm³/mol. The van der Waals surface area contributed by atoms with Crippen LogP contribution in [0.4, 0.5) is 4.39 Å². The topological polar surface area (TPSA) is 72.2 Å². The molecule has 7 heteroatoms. The second kappa shape index (κ2) is 6.85. The van der Waals surface area contributed by atoms with E-state index in [2.05, 4.69) is 15.6 Å². The lowest BCUT2D eigenvalue weighted by atomic mass is 10.0. The maximum Gasteiger partial charge on any atom is 0.126 e. The zero-order valence-corrected chi connectivity index (χ0v) is 12.2. The normalized spacial score (nSPS) is 19.1. The Labute approximate surface area is 127 Å². The summed E-state index contributed by atoms with van der Waals surface area (Å²) in [6.45, 7) is 1.38. The minimum absolute atomic E-state index is 0.0449. The van der Waals surface area contributed by atoms with Crippen molar-refractivity contribution >= 4 is 0 Å². The second-order valence-electron chi connectivity index (χ2n) is 5.41. The third-order valence-corrected chi connectivity index (χ3v) is 3.72. The van der Waals surface area contributed by atoms with Gasteiger partial charge in [-0.25, -0.2) is 9.07 Å². The Morgan fingerprint density at radius 3 is 3.23 bits per heavy atom. The van der Waals surface area contributed by atoms with E-state index in [1.807, 2.05) is 0 Å². The van der Waals surface area contributed by atoms with Gasteiger partial charge in [-0.3, -0.25) is 0 Å². The average molecular weight is 306 g/mol. The fourth-order valence-electron chi connectivity index (χ4n) is 2.65. The number of halogens is 1. The minimum Gasteiger partial charge on any atom is -0.493 e. The molecule has 0 saturated carbocycles. The van der Waals surface area contributed by atoms with E-state index in [0.29, 0.717) is 25.4 Å². The number of benzene rings is 1. The quantitative estimate of drug-likeness (QED) is 0.871. The van der Waals surface area contributed by atoms with E-state index in [1.54, 1.807) is 23.1 Å². The molecule has 2 unspecified atom stereocenters. The van der Waals surface area contributed by atoms with E-state index >= 15 is 0 Å². The Morgan fingerprint density at radius 1 is 1.50 bits per heavy atom. The number of hydrogen-bond acceptors (Lipinski definition) is 5. The largest absolute Gasteiger partial charge is 0.493 e. The summed E-state index contributed by atoms with van der Waals surface area (Å²) >= 11 is 0. The van der Waals surface area contributed by atoms with Crippen molar-refractivity contribution in [1.29, 1.82) is 0 Å². The lowest BCUT2D eigenvalue weighted by Gasteiger charge is -2.20. The van der Waals surface area contributed by atoms with Crippen LogP contribution in [0.1, 0.15) is 24.4 Å². The van der Waals surface area contributed by atoms with Crippen molar-refractivity contribution in [2.24, 2.45) is 0 Å².